The summed E-state index contributed by atoms with van der Waals surface area (Å²) in [4.78, 5) is 25.3. The van der Waals surface area contributed by atoms with Crippen LogP contribution in [-0.4, -0.2) is 38.7 Å². The summed E-state index contributed by atoms with van der Waals surface area (Å²) in [5.41, 5.74) is 1.30. The molecular formula is C15H20N2O4. The molecule has 1 N–H and O–H groups in total. The van der Waals surface area contributed by atoms with Gasteiger partial charge in [0, 0.05) is 19.3 Å². The third kappa shape index (κ3) is 3.72. The highest BCUT2D eigenvalue weighted by molar-refractivity contribution is 5.99. The van der Waals surface area contributed by atoms with Gasteiger partial charge in [0.2, 0.25) is 5.91 Å². The Morgan fingerprint density at radius 1 is 1.48 bits per heavy atom. The van der Waals surface area contributed by atoms with Gasteiger partial charge in [0.15, 0.2) is 6.61 Å². The Morgan fingerprint density at radius 3 is 2.90 bits per heavy atom. The van der Waals surface area contributed by atoms with Crippen LogP contribution in [0.5, 0.6) is 5.75 Å². The zero-order valence-corrected chi connectivity index (χ0v) is 12.5. The van der Waals surface area contributed by atoms with E-state index in [-0.39, 0.29) is 25.0 Å². The van der Waals surface area contributed by atoms with E-state index in [2.05, 4.69) is 5.32 Å². The second kappa shape index (κ2) is 6.58. The SMILES string of the molecule is COCC(=O)Nc1ccc2c(c1)N(CC(C)C)C(=O)CO2. The van der Waals surface area contributed by atoms with E-state index >= 15 is 0 Å². The molecule has 1 heterocycles. The van der Waals surface area contributed by atoms with E-state index in [9.17, 15) is 9.59 Å². The van der Waals surface area contributed by atoms with Crippen LogP contribution in [0.25, 0.3) is 0 Å². The highest BCUT2D eigenvalue weighted by Gasteiger charge is 2.26. The van der Waals surface area contributed by atoms with Gasteiger partial charge in [-0.25, -0.2) is 0 Å². The first kappa shape index (κ1) is 15.3. The van der Waals surface area contributed by atoms with Crippen LogP contribution in [0.4, 0.5) is 11.4 Å². The van der Waals surface area contributed by atoms with Crippen LogP contribution in [0.1, 0.15) is 13.8 Å². The topological polar surface area (TPSA) is 67.9 Å². The fraction of sp³-hybridized carbons (Fsp3) is 0.467. The summed E-state index contributed by atoms with van der Waals surface area (Å²) in [6, 6.07) is 5.26. The van der Waals surface area contributed by atoms with Gasteiger partial charge in [-0.2, -0.15) is 0 Å². The molecule has 2 amide bonds. The monoisotopic (exact) mass is 292 g/mol. The van der Waals surface area contributed by atoms with E-state index in [1.54, 1.807) is 23.1 Å². The molecule has 6 heteroatoms. The van der Waals surface area contributed by atoms with Crippen LogP contribution >= 0.6 is 0 Å². The number of carbonyl (C=O) groups excluding carboxylic acids is 2. The highest BCUT2D eigenvalue weighted by atomic mass is 16.5. The first-order chi connectivity index (χ1) is 10.0. The molecule has 0 spiro atoms. The minimum Gasteiger partial charge on any atom is -0.482 e. The van der Waals surface area contributed by atoms with Crippen molar-refractivity contribution in [3.05, 3.63) is 18.2 Å². The number of rotatable bonds is 5. The zero-order chi connectivity index (χ0) is 15.4. The fourth-order valence-electron chi connectivity index (χ4n) is 2.17. The lowest BCUT2D eigenvalue weighted by atomic mass is 10.1. The second-order valence-corrected chi connectivity index (χ2v) is 5.35. The lowest BCUT2D eigenvalue weighted by molar-refractivity contribution is -0.121. The number of fused-ring (bicyclic) bond motifs is 1. The van der Waals surface area contributed by atoms with Gasteiger partial charge in [-0.05, 0) is 24.1 Å². The number of amides is 2. The molecule has 0 saturated carbocycles. The van der Waals surface area contributed by atoms with E-state index in [1.807, 2.05) is 13.8 Å². The molecule has 0 bridgehead atoms. The van der Waals surface area contributed by atoms with Gasteiger partial charge in [-0.1, -0.05) is 13.8 Å². The van der Waals surface area contributed by atoms with E-state index in [0.29, 0.717) is 29.6 Å². The molecule has 114 valence electrons. The molecule has 0 fully saturated rings. The summed E-state index contributed by atoms with van der Waals surface area (Å²) < 4.78 is 10.2. The molecule has 2 rings (SSSR count). The van der Waals surface area contributed by atoms with E-state index in [4.69, 9.17) is 9.47 Å². The lowest BCUT2D eigenvalue weighted by Gasteiger charge is -2.31. The number of hydrogen-bond donors (Lipinski definition) is 1. The number of benzene rings is 1. The van der Waals surface area contributed by atoms with Crippen LogP contribution in [0, 0.1) is 5.92 Å². The molecule has 1 aromatic carbocycles. The van der Waals surface area contributed by atoms with E-state index in [0.717, 1.165) is 0 Å². The maximum absolute atomic E-state index is 12.0. The molecular weight excluding hydrogens is 272 g/mol. The van der Waals surface area contributed by atoms with Crippen LogP contribution in [0.3, 0.4) is 0 Å². The molecule has 0 aromatic heterocycles. The number of hydrogen-bond acceptors (Lipinski definition) is 4. The Kier molecular flexibility index (Phi) is 4.80. The van der Waals surface area contributed by atoms with Gasteiger partial charge in [-0.15, -0.1) is 0 Å². The highest BCUT2D eigenvalue weighted by Crippen LogP contribution is 2.35. The summed E-state index contributed by atoms with van der Waals surface area (Å²) in [5, 5.41) is 2.72. The standard InChI is InChI=1S/C15H20N2O4/c1-10(2)7-17-12-6-11(16-14(18)8-20-3)4-5-13(12)21-9-15(17)19/h4-6,10H,7-9H2,1-3H3,(H,16,18). The van der Waals surface area contributed by atoms with Crippen molar-refractivity contribution < 1.29 is 19.1 Å². The average Bonchev–Trinajstić information content (AvgIpc) is 2.42. The summed E-state index contributed by atoms with van der Waals surface area (Å²) >= 11 is 0. The van der Waals surface area contributed by atoms with E-state index < -0.39 is 0 Å². The van der Waals surface area contributed by atoms with Crippen LogP contribution in [0.15, 0.2) is 18.2 Å². The number of anilines is 2. The van der Waals surface area contributed by atoms with Gasteiger partial charge in [0.25, 0.3) is 5.91 Å². The maximum Gasteiger partial charge on any atom is 0.265 e. The second-order valence-electron chi connectivity index (χ2n) is 5.35. The summed E-state index contributed by atoms with van der Waals surface area (Å²) in [7, 11) is 1.46. The summed E-state index contributed by atoms with van der Waals surface area (Å²) in [6.45, 7) is 4.75. The van der Waals surface area contributed by atoms with Crippen molar-refractivity contribution in [1.29, 1.82) is 0 Å². The van der Waals surface area contributed by atoms with Crippen LogP contribution in [-0.2, 0) is 14.3 Å². The molecule has 21 heavy (non-hydrogen) atoms. The number of ether oxygens (including phenoxy) is 2. The van der Waals surface area contributed by atoms with Crippen molar-refractivity contribution in [2.75, 3.05) is 37.1 Å². The zero-order valence-electron chi connectivity index (χ0n) is 12.5. The minimum absolute atomic E-state index is 0.0117. The largest absolute Gasteiger partial charge is 0.482 e. The first-order valence-corrected chi connectivity index (χ1v) is 6.87. The van der Waals surface area contributed by atoms with Gasteiger partial charge in [0.05, 0.1) is 5.69 Å². The third-order valence-electron chi connectivity index (χ3n) is 3.01. The predicted molar refractivity (Wildman–Crippen MR) is 79.6 cm³/mol. The maximum atomic E-state index is 12.0. The van der Waals surface area contributed by atoms with Crippen molar-refractivity contribution >= 4 is 23.2 Å². The number of methoxy groups -OCH3 is 1. The van der Waals surface area contributed by atoms with Crippen LogP contribution in [0.2, 0.25) is 0 Å². The Balaban J connectivity index is 2.25. The number of nitrogens with one attached hydrogen (secondary N) is 1. The molecule has 6 nitrogen and oxygen atoms in total. The number of nitrogens with zero attached hydrogens (tertiary/aromatic N) is 1. The van der Waals surface area contributed by atoms with E-state index in [1.165, 1.54) is 7.11 Å². The Morgan fingerprint density at radius 2 is 2.24 bits per heavy atom. The van der Waals surface area contributed by atoms with Gasteiger partial charge >= 0.3 is 0 Å². The molecule has 0 unspecified atom stereocenters. The smallest absolute Gasteiger partial charge is 0.265 e. The van der Waals surface area contributed by atoms with Crippen molar-refractivity contribution in [2.24, 2.45) is 5.92 Å². The van der Waals surface area contributed by atoms with Crippen molar-refractivity contribution in [2.45, 2.75) is 13.8 Å². The van der Waals surface area contributed by atoms with Crippen molar-refractivity contribution in [3.63, 3.8) is 0 Å². The van der Waals surface area contributed by atoms with Gasteiger partial charge in [-0.3, -0.25) is 9.59 Å². The average molecular weight is 292 g/mol. The minimum atomic E-state index is -0.240. The normalized spacial score (nSPS) is 13.9. The molecule has 1 aromatic rings. The summed E-state index contributed by atoms with van der Waals surface area (Å²) in [5.74, 6) is 0.680. The quantitative estimate of drug-likeness (QED) is 0.896. The Bertz CT molecular complexity index is 542. The number of carbonyl (C=O) groups is 2. The molecule has 0 radical (unpaired) electrons. The Hall–Kier alpha value is -2.08. The molecule has 0 aliphatic carbocycles. The van der Waals surface area contributed by atoms with Gasteiger partial charge in [0.1, 0.15) is 12.4 Å². The van der Waals surface area contributed by atoms with Crippen molar-refractivity contribution in [3.8, 4) is 5.75 Å². The van der Waals surface area contributed by atoms with Crippen LogP contribution < -0.4 is 15.0 Å². The fourth-order valence-corrected chi connectivity index (χ4v) is 2.17. The Labute approximate surface area is 124 Å². The predicted octanol–water partition coefficient (Wildman–Crippen LogP) is 1.65. The van der Waals surface area contributed by atoms with Gasteiger partial charge < -0.3 is 19.7 Å². The van der Waals surface area contributed by atoms with Crippen molar-refractivity contribution in [1.82, 2.24) is 0 Å². The first-order valence-electron chi connectivity index (χ1n) is 6.87. The molecule has 0 saturated heterocycles. The molecule has 0 atom stereocenters. The third-order valence-corrected chi connectivity index (χ3v) is 3.01. The summed E-state index contributed by atoms with van der Waals surface area (Å²) in [6.07, 6.45) is 0. The molecule has 1 aliphatic heterocycles. The lowest BCUT2D eigenvalue weighted by Crippen LogP contribution is -2.41. The molecule has 1 aliphatic rings.